The molecular weight excluding hydrogens is 432 g/mol. The van der Waals surface area contributed by atoms with Gasteiger partial charge in [-0.3, -0.25) is 14.6 Å². The lowest BCUT2D eigenvalue weighted by Crippen LogP contribution is -2.22. The second kappa shape index (κ2) is 10.8. The van der Waals surface area contributed by atoms with Crippen molar-refractivity contribution in [3.05, 3.63) is 77.0 Å². The molecule has 0 spiro atoms. The molecule has 0 aliphatic heterocycles. The fraction of sp³-hybridized carbons (Fsp3) is 0.308. The molecule has 3 aromatic rings. The SMILES string of the molecule is CCCCOc1ccc(NC(=O)c2oc3c(c2C)/C(=N/NC(=O)c2ccccn2)CCC3)cc1. The van der Waals surface area contributed by atoms with Crippen LogP contribution < -0.4 is 15.5 Å². The quantitative estimate of drug-likeness (QED) is 0.368. The van der Waals surface area contributed by atoms with Gasteiger partial charge in [-0.05, 0) is 62.6 Å². The topological polar surface area (TPSA) is 106 Å². The number of fused-ring (bicyclic) bond motifs is 1. The van der Waals surface area contributed by atoms with Gasteiger partial charge in [0.1, 0.15) is 17.2 Å². The summed E-state index contributed by atoms with van der Waals surface area (Å²) in [5.41, 5.74) is 5.70. The molecule has 1 aromatic carbocycles. The lowest BCUT2D eigenvalue weighted by molar-refractivity contribution is 0.0948. The number of hydrogen-bond acceptors (Lipinski definition) is 6. The highest BCUT2D eigenvalue weighted by Gasteiger charge is 2.28. The van der Waals surface area contributed by atoms with Crippen LogP contribution in [-0.2, 0) is 6.42 Å². The van der Waals surface area contributed by atoms with E-state index in [0.717, 1.165) is 30.6 Å². The Balaban J connectivity index is 1.47. The van der Waals surface area contributed by atoms with Crippen molar-refractivity contribution < 1.29 is 18.7 Å². The predicted molar refractivity (Wildman–Crippen MR) is 129 cm³/mol. The summed E-state index contributed by atoms with van der Waals surface area (Å²) in [5, 5.41) is 7.21. The van der Waals surface area contributed by atoms with Crippen LogP contribution in [0.2, 0.25) is 0 Å². The van der Waals surface area contributed by atoms with Gasteiger partial charge in [0, 0.05) is 29.4 Å². The Morgan fingerprint density at radius 1 is 1.12 bits per heavy atom. The average molecular weight is 461 g/mol. The minimum atomic E-state index is -0.388. The number of hydrazone groups is 1. The lowest BCUT2D eigenvalue weighted by Gasteiger charge is -2.13. The third kappa shape index (κ3) is 5.33. The molecule has 1 aliphatic carbocycles. The number of rotatable bonds is 8. The van der Waals surface area contributed by atoms with Crippen LogP contribution in [0, 0.1) is 6.92 Å². The van der Waals surface area contributed by atoms with Crippen LogP contribution in [0.1, 0.15) is 70.5 Å². The summed E-state index contributed by atoms with van der Waals surface area (Å²) in [6, 6.07) is 12.4. The molecule has 2 heterocycles. The number of furan rings is 1. The number of carbonyl (C=O) groups is 2. The van der Waals surface area contributed by atoms with Crippen LogP contribution in [0.15, 0.2) is 58.2 Å². The van der Waals surface area contributed by atoms with E-state index in [2.05, 4.69) is 27.8 Å². The zero-order valence-corrected chi connectivity index (χ0v) is 19.4. The molecule has 0 saturated heterocycles. The second-order valence-corrected chi connectivity index (χ2v) is 8.10. The monoisotopic (exact) mass is 460 g/mol. The summed E-state index contributed by atoms with van der Waals surface area (Å²) < 4.78 is 11.6. The summed E-state index contributed by atoms with van der Waals surface area (Å²) in [7, 11) is 0. The van der Waals surface area contributed by atoms with Crippen molar-refractivity contribution >= 4 is 23.2 Å². The molecular formula is C26H28N4O4. The Labute approximate surface area is 198 Å². The summed E-state index contributed by atoms with van der Waals surface area (Å²) in [4.78, 5) is 29.3. The van der Waals surface area contributed by atoms with Crippen LogP contribution >= 0.6 is 0 Å². The van der Waals surface area contributed by atoms with Crippen LogP contribution in [0.3, 0.4) is 0 Å². The molecule has 0 unspecified atom stereocenters. The first-order chi connectivity index (χ1) is 16.6. The maximum atomic E-state index is 13.0. The summed E-state index contributed by atoms with van der Waals surface area (Å²) in [6.45, 7) is 4.62. The zero-order chi connectivity index (χ0) is 23.9. The number of amides is 2. The molecule has 2 N–H and O–H groups in total. The van der Waals surface area contributed by atoms with Gasteiger partial charge in [-0.15, -0.1) is 0 Å². The van der Waals surface area contributed by atoms with Crippen LogP contribution in [0.4, 0.5) is 5.69 Å². The van der Waals surface area contributed by atoms with Gasteiger partial charge in [0.25, 0.3) is 11.8 Å². The van der Waals surface area contributed by atoms with Gasteiger partial charge in [-0.25, -0.2) is 5.43 Å². The Morgan fingerprint density at radius 2 is 1.94 bits per heavy atom. The Kier molecular flexibility index (Phi) is 7.37. The highest BCUT2D eigenvalue weighted by Crippen LogP contribution is 2.30. The predicted octanol–water partition coefficient (Wildman–Crippen LogP) is 4.88. The number of benzene rings is 1. The molecule has 0 atom stereocenters. The maximum Gasteiger partial charge on any atom is 0.291 e. The van der Waals surface area contributed by atoms with Gasteiger partial charge in [0.2, 0.25) is 0 Å². The van der Waals surface area contributed by atoms with E-state index in [0.29, 0.717) is 42.2 Å². The van der Waals surface area contributed by atoms with E-state index >= 15 is 0 Å². The van der Waals surface area contributed by atoms with Crippen LogP contribution in [0.5, 0.6) is 5.75 Å². The molecule has 8 heteroatoms. The Hall–Kier alpha value is -3.94. The van der Waals surface area contributed by atoms with Gasteiger partial charge in [0.15, 0.2) is 5.76 Å². The first-order valence-corrected chi connectivity index (χ1v) is 11.5. The highest BCUT2D eigenvalue weighted by atomic mass is 16.5. The lowest BCUT2D eigenvalue weighted by atomic mass is 9.93. The van der Waals surface area contributed by atoms with E-state index in [1.807, 2.05) is 19.1 Å². The summed E-state index contributed by atoms with van der Waals surface area (Å²) in [5.74, 6) is 1.01. The molecule has 0 fully saturated rings. The van der Waals surface area contributed by atoms with Crippen molar-refractivity contribution in [2.24, 2.45) is 5.10 Å². The zero-order valence-electron chi connectivity index (χ0n) is 19.4. The van der Waals surface area contributed by atoms with E-state index < -0.39 is 0 Å². The molecule has 8 nitrogen and oxygen atoms in total. The van der Waals surface area contributed by atoms with E-state index in [1.54, 1.807) is 36.5 Å². The second-order valence-electron chi connectivity index (χ2n) is 8.10. The first kappa shape index (κ1) is 23.2. The van der Waals surface area contributed by atoms with Crippen molar-refractivity contribution in [2.75, 3.05) is 11.9 Å². The number of pyridine rings is 1. The third-order valence-corrected chi connectivity index (χ3v) is 5.60. The fourth-order valence-electron chi connectivity index (χ4n) is 3.83. The number of aryl methyl sites for hydroxylation is 1. The number of unbranched alkanes of at least 4 members (excludes halogenated alkanes) is 1. The van der Waals surface area contributed by atoms with Gasteiger partial charge in [-0.2, -0.15) is 5.10 Å². The molecule has 0 radical (unpaired) electrons. The molecule has 176 valence electrons. The van der Waals surface area contributed by atoms with Gasteiger partial charge >= 0.3 is 0 Å². The number of nitrogens with zero attached hydrogens (tertiary/aromatic N) is 2. The van der Waals surface area contributed by atoms with Crippen LogP contribution in [0.25, 0.3) is 0 Å². The first-order valence-electron chi connectivity index (χ1n) is 11.5. The molecule has 0 saturated carbocycles. The van der Waals surface area contributed by atoms with E-state index in [1.165, 1.54) is 0 Å². The highest BCUT2D eigenvalue weighted by molar-refractivity contribution is 6.09. The van der Waals surface area contributed by atoms with Crippen molar-refractivity contribution in [1.82, 2.24) is 10.4 Å². The molecule has 2 aromatic heterocycles. The Morgan fingerprint density at radius 3 is 2.68 bits per heavy atom. The number of anilines is 1. The van der Waals surface area contributed by atoms with E-state index in [4.69, 9.17) is 9.15 Å². The smallest absolute Gasteiger partial charge is 0.291 e. The number of aromatic nitrogens is 1. The largest absolute Gasteiger partial charge is 0.494 e. The van der Waals surface area contributed by atoms with E-state index in [-0.39, 0.29) is 23.3 Å². The summed E-state index contributed by atoms with van der Waals surface area (Å²) in [6.07, 6.45) is 5.83. The molecule has 0 bridgehead atoms. The normalized spacial score (nSPS) is 13.9. The van der Waals surface area contributed by atoms with Gasteiger partial charge in [0.05, 0.1) is 12.3 Å². The molecule has 2 amide bonds. The van der Waals surface area contributed by atoms with Crippen molar-refractivity contribution in [3.8, 4) is 5.75 Å². The number of carbonyl (C=O) groups excluding carboxylic acids is 2. The average Bonchev–Trinajstić information content (AvgIpc) is 3.21. The number of hydrogen-bond donors (Lipinski definition) is 2. The Bertz CT molecular complexity index is 1180. The minimum Gasteiger partial charge on any atom is -0.494 e. The van der Waals surface area contributed by atoms with Crippen molar-refractivity contribution in [2.45, 2.75) is 46.0 Å². The van der Waals surface area contributed by atoms with Gasteiger partial charge < -0.3 is 14.5 Å². The van der Waals surface area contributed by atoms with Gasteiger partial charge in [-0.1, -0.05) is 19.4 Å². The molecule has 34 heavy (non-hydrogen) atoms. The standard InChI is InChI=1S/C26H28N4O4/c1-3-4-16-33-19-13-11-18(12-14-19)28-26(32)24-17(2)23-20(9-7-10-22(23)34-24)29-30-25(31)21-8-5-6-15-27-21/h5-6,8,11-15H,3-4,7,9-10,16H2,1-2H3,(H,28,32)(H,30,31)/b29-20+. The van der Waals surface area contributed by atoms with E-state index in [9.17, 15) is 9.59 Å². The summed E-state index contributed by atoms with van der Waals surface area (Å²) >= 11 is 0. The number of ether oxygens (including phenoxy) is 1. The minimum absolute atomic E-state index is 0.249. The number of nitrogens with one attached hydrogen (secondary N) is 2. The van der Waals surface area contributed by atoms with Crippen molar-refractivity contribution in [1.29, 1.82) is 0 Å². The van der Waals surface area contributed by atoms with Crippen molar-refractivity contribution in [3.63, 3.8) is 0 Å². The van der Waals surface area contributed by atoms with Crippen LogP contribution in [-0.4, -0.2) is 29.1 Å². The molecule has 4 rings (SSSR count). The fourth-order valence-corrected chi connectivity index (χ4v) is 3.83. The molecule has 1 aliphatic rings. The third-order valence-electron chi connectivity index (χ3n) is 5.60. The maximum absolute atomic E-state index is 13.0.